The average molecular weight is 424 g/mol. The summed E-state index contributed by atoms with van der Waals surface area (Å²) < 4.78 is 28.6. The Bertz CT molecular complexity index is 1170. The molecule has 1 atom stereocenters. The van der Waals surface area contributed by atoms with Gasteiger partial charge in [0, 0.05) is 18.0 Å². The van der Waals surface area contributed by atoms with Crippen LogP contribution in [-0.4, -0.2) is 53.0 Å². The molecule has 3 aromatic rings. The quantitative estimate of drug-likeness (QED) is 0.561. The van der Waals surface area contributed by atoms with Gasteiger partial charge in [-0.05, 0) is 71.3 Å². The van der Waals surface area contributed by atoms with Crippen LogP contribution in [0, 0.1) is 0 Å². The Morgan fingerprint density at radius 3 is 2.00 bits per heavy atom. The van der Waals surface area contributed by atoms with Crippen LogP contribution < -0.4 is 23.7 Å². The van der Waals surface area contributed by atoms with Crippen LogP contribution in [0.15, 0.2) is 18.2 Å². The minimum atomic E-state index is 0.600. The van der Waals surface area contributed by atoms with Crippen molar-refractivity contribution in [1.29, 1.82) is 0 Å². The zero-order valence-corrected chi connectivity index (χ0v) is 18.8. The largest absolute Gasteiger partial charge is 0.493 e. The van der Waals surface area contributed by atoms with Gasteiger partial charge in [-0.3, -0.25) is 4.90 Å². The van der Waals surface area contributed by atoms with Crippen molar-refractivity contribution in [1.82, 2.24) is 4.90 Å². The van der Waals surface area contributed by atoms with Gasteiger partial charge in [-0.2, -0.15) is 0 Å². The maximum absolute atomic E-state index is 5.92. The molecule has 6 heteroatoms. The molecule has 2 aliphatic rings. The summed E-state index contributed by atoms with van der Waals surface area (Å²) in [6, 6.07) is 6.88. The van der Waals surface area contributed by atoms with E-state index in [1.54, 1.807) is 35.5 Å². The van der Waals surface area contributed by atoms with Crippen molar-refractivity contribution in [2.45, 2.75) is 31.8 Å². The first-order valence-electron chi connectivity index (χ1n) is 10.7. The molecule has 0 spiro atoms. The average Bonchev–Trinajstić information content (AvgIpc) is 3.28. The normalized spacial score (nSPS) is 18.0. The predicted molar refractivity (Wildman–Crippen MR) is 121 cm³/mol. The summed E-state index contributed by atoms with van der Waals surface area (Å²) in [5.74, 6) is 3.40. The number of benzene rings is 3. The van der Waals surface area contributed by atoms with E-state index in [-0.39, 0.29) is 0 Å². The van der Waals surface area contributed by atoms with Gasteiger partial charge in [-0.1, -0.05) is 0 Å². The SMILES string of the molecule is COc1cc2c3c(c4cc(OC)c(OC)c(OC)c4c2cc1OC)CN1CCCC1C3. The Kier molecular flexibility index (Phi) is 4.97. The lowest BCUT2D eigenvalue weighted by molar-refractivity contribution is 0.229. The number of hydrogen-bond donors (Lipinski definition) is 0. The molecule has 0 amide bonds. The van der Waals surface area contributed by atoms with Crippen LogP contribution in [0.5, 0.6) is 28.7 Å². The van der Waals surface area contributed by atoms with Gasteiger partial charge in [0.2, 0.25) is 5.75 Å². The molecular weight excluding hydrogens is 394 g/mol. The number of methoxy groups -OCH3 is 5. The van der Waals surface area contributed by atoms with Gasteiger partial charge < -0.3 is 23.7 Å². The van der Waals surface area contributed by atoms with Crippen LogP contribution in [0.25, 0.3) is 21.5 Å². The van der Waals surface area contributed by atoms with Crippen molar-refractivity contribution >= 4 is 21.5 Å². The van der Waals surface area contributed by atoms with Crippen molar-refractivity contribution in [3.63, 3.8) is 0 Å². The third-order valence-electron chi connectivity index (χ3n) is 6.94. The van der Waals surface area contributed by atoms with Gasteiger partial charge >= 0.3 is 0 Å². The molecule has 2 aliphatic heterocycles. The van der Waals surface area contributed by atoms with Crippen molar-refractivity contribution in [3.05, 3.63) is 29.3 Å². The highest BCUT2D eigenvalue weighted by Gasteiger charge is 2.34. The molecule has 0 radical (unpaired) electrons. The molecule has 0 bridgehead atoms. The van der Waals surface area contributed by atoms with Gasteiger partial charge in [0.1, 0.15) is 0 Å². The summed E-state index contributed by atoms with van der Waals surface area (Å²) in [6.07, 6.45) is 3.54. The summed E-state index contributed by atoms with van der Waals surface area (Å²) in [5.41, 5.74) is 2.73. The highest BCUT2D eigenvalue weighted by Crippen LogP contribution is 2.51. The van der Waals surface area contributed by atoms with E-state index in [0.29, 0.717) is 29.0 Å². The van der Waals surface area contributed by atoms with E-state index in [4.69, 9.17) is 23.7 Å². The number of fused-ring (bicyclic) bond motifs is 7. The van der Waals surface area contributed by atoms with E-state index < -0.39 is 0 Å². The van der Waals surface area contributed by atoms with Crippen LogP contribution >= 0.6 is 0 Å². The van der Waals surface area contributed by atoms with E-state index in [0.717, 1.165) is 41.4 Å². The Morgan fingerprint density at radius 2 is 1.35 bits per heavy atom. The summed E-state index contributed by atoms with van der Waals surface area (Å²) in [6.45, 7) is 2.08. The van der Waals surface area contributed by atoms with E-state index >= 15 is 0 Å². The second-order valence-electron chi connectivity index (χ2n) is 8.25. The molecule has 2 heterocycles. The molecule has 5 rings (SSSR count). The predicted octanol–water partition coefficient (Wildman–Crippen LogP) is 4.56. The monoisotopic (exact) mass is 423 g/mol. The summed E-state index contributed by atoms with van der Waals surface area (Å²) in [5, 5.41) is 4.44. The van der Waals surface area contributed by atoms with Gasteiger partial charge in [0.25, 0.3) is 0 Å². The van der Waals surface area contributed by atoms with E-state index in [9.17, 15) is 0 Å². The first-order valence-corrected chi connectivity index (χ1v) is 10.7. The van der Waals surface area contributed by atoms with E-state index in [1.807, 2.05) is 0 Å². The third kappa shape index (κ3) is 2.88. The minimum absolute atomic E-state index is 0.600. The maximum atomic E-state index is 5.92. The third-order valence-corrected chi connectivity index (χ3v) is 6.94. The second kappa shape index (κ2) is 7.68. The van der Waals surface area contributed by atoms with Crippen molar-refractivity contribution in [2.24, 2.45) is 0 Å². The molecule has 1 saturated heterocycles. The molecular formula is C25H29NO5. The van der Waals surface area contributed by atoms with Crippen molar-refractivity contribution < 1.29 is 23.7 Å². The van der Waals surface area contributed by atoms with Gasteiger partial charge in [0.15, 0.2) is 23.0 Å². The molecule has 6 nitrogen and oxygen atoms in total. The number of hydrogen-bond acceptors (Lipinski definition) is 6. The summed E-state index contributed by atoms with van der Waals surface area (Å²) in [4.78, 5) is 2.61. The van der Waals surface area contributed by atoms with E-state index in [2.05, 4.69) is 23.1 Å². The fraction of sp³-hybridized carbons (Fsp3) is 0.440. The first kappa shape index (κ1) is 20.1. The summed E-state index contributed by atoms with van der Waals surface area (Å²) in [7, 11) is 8.34. The zero-order chi connectivity index (χ0) is 21.7. The van der Waals surface area contributed by atoms with E-state index in [1.165, 1.54) is 29.4 Å². The van der Waals surface area contributed by atoms with Gasteiger partial charge in [-0.15, -0.1) is 0 Å². The Hall–Kier alpha value is -2.86. The van der Waals surface area contributed by atoms with Gasteiger partial charge in [-0.25, -0.2) is 0 Å². The minimum Gasteiger partial charge on any atom is -0.493 e. The van der Waals surface area contributed by atoms with Crippen LogP contribution in [0.1, 0.15) is 24.0 Å². The van der Waals surface area contributed by atoms with Crippen LogP contribution in [-0.2, 0) is 13.0 Å². The maximum Gasteiger partial charge on any atom is 0.203 e. The van der Waals surface area contributed by atoms with Crippen LogP contribution in [0.2, 0.25) is 0 Å². The second-order valence-corrected chi connectivity index (χ2v) is 8.25. The lowest BCUT2D eigenvalue weighted by Gasteiger charge is -2.34. The van der Waals surface area contributed by atoms with Crippen molar-refractivity contribution in [2.75, 3.05) is 42.1 Å². The molecule has 1 unspecified atom stereocenters. The lowest BCUT2D eigenvalue weighted by Crippen LogP contribution is -2.35. The molecule has 0 aliphatic carbocycles. The Labute approximate surface area is 182 Å². The zero-order valence-electron chi connectivity index (χ0n) is 18.8. The molecule has 0 aromatic heterocycles. The van der Waals surface area contributed by atoms with Crippen LogP contribution in [0.4, 0.5) is 0 Å². The Balaban J connectivity index is 1.96. The topological polar surface area (TPSA) is 49.4 Å². The first-order chi connectivity index (χ1) is 15.1. The smallest absolute Gasteiger partial charge is 0.203 e. The van der Waals surface area contributed by atoms with Gasteiger partial charge in [0.05, 0.1) is 35.5 Å². The number of ether oxygens (including phenoxy) is 5. The summed E-state index contributed by atoms with van der Waals surface area (Å²) >= 11 is 0. The number of rotatable bonds is 5. The molecule has 0 N–H and O–H groups in total. The Morgan fingerprint density at radius 1 is 0.710 bits per heavy atom. The fourth-order valence-corrected chi connectivity index (χ4v) is 5.51. The molecule has 0 saturated carbocycles. The lowest BCUT2D eigenvalue weighted by atomic mass is 9.84. The van der Waals surface area contributed by atoms with Crippen LogP contribution in [0.3, 0.4) is 0 Å². The highest BCUT2D eigenvalue weighted by atomic mass is 16.5. The molecule has 3 aromatic carbocycles. The van der Waals surface area contributed by atoms with Crippen molar-refractivity contribution in [3.8, 4) is 28.7 Å². The molecule has 1 fully saturated rings. The molecule has 31 heavy (non-hydrogen) atoms. The highest BCUT2D eigenvalue weighted by molar-refractivity contribution is 6.16. The molecule has 164 valence electrons. The standard InChI is InChI=1S/C25H29NO5/c1-27-20-10-16-15-9-14-7-6-8-26(14)13-19(15)18-12-22(29-3)24(30-4)25(31-5)23(18)17(16)11-21(20)28-2/h10-12,14H,6-9,13H2,1-5H3. The fourth-order valence-electron chi connectivity index (χ4n) is 5.51. The number of nitrogens with zero attached hydrogens (tertiary/aromatic N) is 1.